The summed E-state index contributed by atoms with van der Waals surface area (Å²) in [5, 5.41) is 11.5. The fourth-order valence-electron chi connectivity index (χ4n) is 3.21. The molecule has 7 nitrogen and oxygen atoms in total. The van der Waals surface area contributed by atoms with Crippen LogP contribution in [0.1, 0.15) is 62.8 Å². The Morgan fingerprint density at radius 3 is 2.52 bits per heavy atom. The van der Waals surface area contributed by atoms with Gasteiger partial charge in [0, 0.05) is 24.2 Å². The number of anilines is 1. The molecular formula is C22H22N2O5. The number of nitrogens with zero attached hydrogens (tertiary/aromatic N) is 1. The van der Waals surface area contributed by atoms with Gasteiger partial charge in [-0.15, -0.1) is 0 Å². The van der Waals surface area contributed by atoms with Crippen molar-refractivity contribution in [2.45, 2.75) is 32.6 Å². The van der Waals surface area contributed by atoms with E-state index in [1.54, 1.807) is 24.3 Å². The summed E-state index contributed by atoms with van der Waals surface area (Å²) in [7, 11) is 0. The standard InChI is InChI=1S/C22H22N2O5/c1-2-3-11-24-21(28)17-9-8-15(13-18(17)22(24)29)20(27)23-16-6-4-5-14(12-16)7-10-19(25)26/h4-6,8-9,12-13H,2-3,7,10-11H2,1H3,(H,23,27)(H,25,26). The minimum atomic E-state index is -0.884. The molecule has 7 heteroatoms. The molecule has 0 bridgehead atoms. The fraction of sp³-hybridized carbons (Fsp3) is 0.273. The number of fused-ring (bicyclic) bond motifs is 1. The number of nitrogens with one attached hydrogen (secondary N) is 1. The van der Waals surface area contributed by atoms with E-state index in [-0.39, 0.29) is 29.4 Å². The van der Waals surface area contributed by atoms with Crippen molar-refractivity contribution in [3.63, 3.8) is 0 Å². The van der Waals surface area contributed by atoms with Crippen molar-refractivity contribution in [2.24, 2.45) is 0 Å². The lowest BCUT2D eigenvalue weighted by Gasteiger charge is -2.12. The van der Waals surface area contributed by atoms with Crippen LogP contribution in [0, 0.1) is 0 Å². The molecule has 1 aliphatic heterocycles. The first-order valence-corrected chi connectivity index (χ1v) is 9.53. The molecule has 0 aliphatic carbocycles. The summed E-state index contributed by atoms with van der Waals surface area (Å²) in [5.74, 6) is -1.99. The molecule has 0 radical (unpaired) electrons. The highest BCUT2D eigenvalue weighted by molar-refractivity contribution is 6.22. The second kappa shape index (κ2) is 8.68. The number of hydrogen-bond acceptors (Lipinski definition) is 4. The van der Waals surface area contributed by atoms with E-state index in [1.165, 1.54) is 23.1 Å². The molecule has 0 saturated carbocycles. The zero-order valence-electron chi connectivity index (χ0n) is 16.1. The van der Waals surface area contributed by atoms with E-state index in [2.05, 4.69) is 5.32 Å². The number of amides is 3. The van der Waals surface area contributed by atoms with Crippen molar-refractivity contribution in [3.8, 4) is 0 Å². The van der Waals surface area contributed by atoms with Gasteiger partial charge < -0.3 is 10.4 Å². The number of carbonyl (C=O) groups excluding carboxylic acids is 3. The van der Waals surface area contributed by atoms with Crippen LogP contribution in [0.2, 0.25) is 0 Å². The Bertz CT molecular complexity index is 983. The summed E-state index contributed by atoms with van der Waals surface area (Å²) >= 11 is 0. The van der Waals surface area contributed by atoms with Crippen LogP contribution in [0.15, 0.2) is 42.5 Å². The molecule has 0 fully saturated rings. The van der Waals surface area contributed by atoms with Gasteiger partial charge in [-0.1, -0.05) is 25.5 Å². The van der Waals surface area contributed by atoms with Crippen LogP contribution < -0.4 is 5.32 Å². The average molecular weight is 394 g/mol. The highest BCUT2D eigenvalue weighted by atomic mass is 16.4. The SMILES string of the molecule is CCCCN1C(=O)c2ccc(C(=O)Nc3cccc(CCC(=O)O)c3)cc2C1=O. The predicted molar refractivity (Wildman–Crippen MR) is 107 cm³/mol. The summed E-state index contributed by atoms with van der Waals surface area (Å²) in [6.45, 7) is 2.35. The Labute approximate surface area is 168 Å². The maximum absolute atomic E-state index is 12.6. The number of aryl methyl sites for hydroxylation is 1. The minimum Gasteiger partial charge on any atom is -0.481 e. The topological polar surface area (TPSA) is 104 Å². The van der Waals surface area contributed by atoms with E-state index in [0.29, 0.717) is 24.2 Å². The zero-order chi connectivity index (χ0) is 21.0. The van der Waals surface area contributed by atoms with Crippen LogP contribution in [0.4, 0.5) is 5.69 Å². The van der Waals surface area contributed by atoms with Crippen molar-refractivity contribution in [1.29, 1.82) is 0 Å². The number of rotatable bonds is 8. The molecular weight excluding hydrogens is 372 g/mol. The molecule has 2 aromatic rings. The van der Waals surface area contributed by atoms with Crippen LogP contribution in [0.5, 0.6) is 0 Å². The highest BCUT2D eigenvalue weighted by Crippen LogP contribution is 2.25. The summed E-state index contributed by atoms with van der Waals surface area (Å²) in [6.07, 6.45) is 1.97. The van der Waals surface area contributed by atoms with Crippen molar-refractivity contribution in [2.75, 3.05) is 11.9 Å². The molecule has 1 heterocycles. The van der Waals surface area contributed by atoms with Gasteiger partial charge in [-0.3, -0.25) is 24.1 Å². The second-order valence-electron chi connectivity index (χ2n) is 6.92. The molecule has 3 rings (SSSR count). The summed E-state index contributed by atoms with van der Waals surface area (Å²) in [5.41, 5.74) is 2.17. The molecule has 0 atom stereocenters. The third-order valence-corrected chi connectivity index (χ3v) is 4.78. The molecule has 1 aliphatic rings. The van der Waals surface area contributed by atoms with E-state index in [1.807, 2.05) is 6.92 Å². The van der Waals surface area contributed by atoms with Gasteiger partial charge in [-0.05, 0) is 48.7 Å². The van der Waals surface area contributed by atoms with Crippen molar-refractivity contribution >= 4 is 29.4 Å². The largest absolute Gasteiger partial charge is 0.481 e. The Morgan fingerprint density at radius 2 is 1.79 bits per heavy atom. The lowest BCUT2D eigenvalue weighted by molar-refractivity contribution is -0.136. The van der Waals surface area contributed by atoms with Crippen molar-refractivity contribution in [3.05, 3.63) is 64.7 Å². The van der Waals surface area contributed by atoms with Crippen LogP contribution in [-0.2, 0) is 11.2 Å². The van der Waals surface area contributed by atoms with Gasteiger partial charge in [0.05, 0.1) is 11.1 Å². The number of benzene rings is 2. The fourth-order valence-corrected chi connectivity index (χ4v) is 3.21. The first kappa shape index (κ1) is 20.3. The molecule has 29 heavy (non-hydrogen) atoms. The normalized spacial score (nSPS) is 12.8. The zero-order valence-corrected chi connectivity index (χ0v) is 16.1. The van der Waals surface area contributed by atoms with Gasteiger partial charge in [-0.2, -0.15) is 0 Å². The molecule has 0 spiro atoms. The highest BCUT2D eigenvalue weighted by Gasteiger charge is 2.35. The van der Waals surface area contributed by atoms with Crippen LogP contribution in [-0.4, -0.2) is 40.2 Å². The summed E-state index contributed by atoms with van der Waals surface area (Å²) in [6, 6.07) is 11.4. The van der Waals surface area contributed by atoms with Crippen LogP contribution in [0.3, 0.4) is 0 Å². The molecule has 2 aromatic carbocycles. The van der Waals surface area contributed by atoms with E-state index >= 15 is 0 Å². The minimum absolute atomic E-state index is 0.00684. The average Bonchev–Trinajstić information content (AvgIpc) is 2.94. The van der Waals surface area contributed by atoms with Gasteiger partial charge in [-0.25, -0.2) is 0 Å². The molecule has 2 N–H and O–H groups in total. The third kappa shape index (κ3) is 4.51. The van der Waals surface area contributed by atoms with Gasteiger partial charge in [0.25, 0.3) is 17.7 Å². The molecule has 0 unspecified atom stereocenters. The predicted octanol–water partition coefficient (Wildman–Crippen LogP) is 3.35. The number of carboxylic acids is 1. The Balaban J connectivity index is 1.75. The Hall–Kier alpha value is -3.48. The van der Waals surface area contributed by atoms with Gasteiger partial charge in [0.15, 0.2) is 0 Å². The van der Waals surface area contributed by atoms with Gasteiger partial charge in [0.1, 0.15) is 0 Å². The number of aliphatic carboxylic acids is 1. The smallest absolute Gasteiger partial charge is 0.303 e. The number of carbonyl (C=O) groups is 4. The van der Waals surface area contributed by atoms with Gasteiger partial charge >= 0.3 is 5.97 Å². The first-order valence-electron chi connectivity index (χ1n) is 9.53. The van der Waals surface area contributed by atoms with Crippen LogP contribution in [0.25, 0.3) is 0 Å². The van der Waals surface area contributed by atoms with Crippen molar-refractivity contribution in [1.82, 2.24) is 4.90 Å². The van der Waals surface area contributed by atoms with Crippen LogP contribution >= 0.6 is 0 Å². The molecule has 0 saturated heterocycles. The maximum Gasteiger partial charge on any atom is 0.303 e. The lowest BCUT2D eigenvalue weighted by Crippen LogP contribution is -2.30. The Morgan fingerprint density at radius 1 is 1.03 bits per heavy atom. The number of imide groups is 1. The van der Waals surface area contributed by atoms with Gasteiger partial charge in [0.2, 0.25) is 0 Å². The summed E-state index contributed by atoms with van der Waals surface area (Å²) in [4.78, 5) is 49.5. The van der Waals surface area contributed by atoms with E-state index < -0.39 is 11.9 Å². The quantitative estimate of drug-likeness (QED) is 0.668. The first-order chi connectivity index (χ1) is 13.9. The number of carboxylic acid groups (broad SMARTS) is 1. The van der Waals surface area contributed by atoms with E-state index in [0.717, 1.165) is 18.4 Å². The lowest BCUT2D eigenvalue weighted by atomic mass is 10.0. The summed E-state index contributed by atoms with van der Waals surface area (Å²) < 4.78 is 0. The second-order valence-corrected chi connectivity index (χ2v) is 6.92. The van der Waals surface area contributed by atoms with E-state index in [4.69, 9.17) is 5.11 Å². The number of unbranched alkanes of at least 4 members (excludes halogenated alkanes) is 1. The monoisotopic (exact) mass is 394 g/mol. The maximum atomic E-state index is 12.6. The molecule has 3 amide bonds. The molecule has 0 aromatic heterocycles. The third-order valence-electron chi connectivity index (χ3n) is 4.78. The molecule has 150 valence electrons. The Kier molecular flexibility index (Phi) is 6.07. The van der Waals surface area contributed by atoms with E-state index in [9.17, 15) is 19.2 Å². The number of hydrogen-bond donors (Lipinski definition) is 2. The van der Waals surface area contributed by atoms with Crippen molar-refractivity contribution < 1.29 is 24.3 Å².